The highest BCUT2D eigenvalue weighted by atomic mass is 16.5. The molecule has 0 unspecified atom stereocenters. The van der Waals surface area contributed by atoms with Crippen LogP contribution in [0.4, 0.5) is 5.69 Å². The van der Waals surface area contributed by atoms with Crippen LogP contribution < -0.4 is 10.1 Å². The number of anilines is 1. The second kappa shape index (κ2) is 7.82. The standard InChI is InChI=1S/C20H21N3O3/c1-13(2)19-22-20(26-23-19)15-7-9-17(10-8-15)25-12-18(24)21-16-6-4-5-14(3)11-16/h4-11,13H,12H2,1-3H3,(H,21,24). The number of nitrogens with one attached hydrogen (secondary N) is 1. The van der Waals surface area contributed by atoms with Gasteiger partial charge in [-0.1, -0.05) is 31.1 Å². The third kappa shape index (κ3) is 4.47. The van der Waals surface area contributed by atoms with Gasteiger partial charge in [-0.3, -0.25) is 4.79 Å². The molecule has 3 rings (SSSR count). The number of benzene rings is 2. The quantitative estimate of drug-likeness (QED) is 0.721. The average molecular weight is 351 g/mol. The van der Waals surface area contributed by atoms with Crippen molar-refractivity contribution in [3.63, 3.8) is 0 Å². The van der Waals surface area contributed by atoms with E-state index in [-0.39, 0.29) is 18.4 Å². The Balaban J connectivity index is 1.56. The van der Waals surface area contributed by atoms with E-state index in [9.17, 15) is 4.79 Å². The van der Waals surface area contributed by atoms with Gasteiger partial charge in [0.15, 0.2) is 12.4 Å². The Bertz CT molecular complexity index is 885. The van der Waals surface area contributed by atoms with Crippen molar-refractivity contribution in [1.82, 2.24) is 10.1 Å². The topological polar surface area (TPSA) is 77.2 Å². The summed E-state index contributed by atoms with van der Waals surface area (Å²) >= 11 is 0. The molecular formula is C20H21N3O3. The molecule has 0 aliphatic heterocycles. The van der Waals surface area contributed by atoms with Gasteiger partial charge >= 0.3 is 0 Å². The van der Waals surface area contributed by atoms with Crippen LogP contribution in [-0.2, 0) is 4.79 Å². The van der Waals surface area contributed by atoms with Crippen LogP contribution in [0.5, 0.6) is 5.75 Å². The largest absolute Gasteiger partial charge is 0.484 e. The van der Waals surface area contributed by atoms with Gasteiger partial charge in [0.2, 0.25) is 0 Å². The van der Waals surface area contributed by atoms with E-state index in [4.69, 9.17) is 9.26 Å². The minimum Gasteiger partial charge on any atom is -0.484 e. The van der Waals surface area contributed by atoms with E-state index in [2.05, 4.69) is 15.5 Å². The molecule has 6 heteroatoms. The number of amides is 1. The molecule has 0 radical (unpaired) electrons. The molecule has 0 saturated carbocycles. The smallest absolute Gasteiger partial charge is 0.262 e. The molecule has 1 amide bonds. The van der Waals surface area contributed by atoms with Crippen molar-refractivity contribution in [2.75, 3.05) is 11.9 Å². The van der Waals surface area contributed by atoms with Crippen LogP contribution in [0.25, 0.3) is 11.5 Å². The Morgan fingerprint density at radius 2 is 1.96 bits per heavy atom. The average Bonchev–Trinajstić information content (AvgIpc) is 3.11. The Hall–Kier alpha value is -3.15. The molecule has 0 spiro atoms. The van der Waals surface area contributed by atoms with E-state index in [0.717, 1.165) is 16.8 Å². The van der Waals surface area contributed by atoms with E-state index >= 15 is 0 Å². The van der Waals surface area contributed by atoms with E-state index in [1.54, 1.807) is 12.1 Å². The Morgan fingerprint density at radius 3 is 2.62 bits per heavy atom. The van der Waals surface area contributed by atoms with Crippen molar-refractivity contribution in [2.24, 2.45) is 0 Å². The number of ether oxygens (including phenoxy) is 1. The molecule has 6 nitrogen and oxygen atoms in total. The van der Waals surface area contributed by atoms with E-state index in [1.165, 1.54) is 0 Å². The van der Waals surface area contributed by atoms with E-state index < -0.39 is 0 Å². The summed E-state index contributed by atoms with van der Waals surface area (Å²) in [7, 11) is 0. The summed E-state index contributed by atoms with van der Waals surface area (Å²) in [6.45, 7) is 5.92. The molecule has 1 N–H and O–H groups in total. The number of carbonyl (C=O) groups is 1. The lowest BCUT2D eigenvalue weighted by molar-refractivity contribution is -0.118. The summed E-state index contributed by atoms with van der Waals surface area (Å²) in [6.07, 6.45) is 0. The van der Waals surface area contributed by atoms with Crippen LogP contribution in [0.2, 0.25) is 0 Å². The predicted molar refractivity (Wildman–Crippen MR) is 99.1 cm³/mol. The van der Waals surface area contributed by atoms with Crippen molar-refractivity contribution < 1.29 is 14.1 Å². The fraction of sp³-hybridized carbons (Fsp3) is 0.250. The van der Waals surface area contributed by atoms with Gasteiger partial charge in [-0.2, -0.15) is 4.98 Å². The van der Waals surface area contributed by atoms with Crippen molar-refractivity contribution in [1.29, 1.82) is 0 Å². The number of carbonyl (C=O) groups excluding carboxylic acids is 1. The molecule has 1 aromatic heterocycles. The van der Waals surface area contributed by atoms with Crippen molar-refractivity contribution in [3.8, 4) is 17.2 Å². The third-order valence-electron chi connectivity index (χ3n) is 3.73. The highest BCUT2D eigenvalue weighted by Gasteiger charge is 2.11. The SMILES string of the molecule is Cc1cccc(NC(=O)COc2ccc(-c3nc(C(C)C)no3)cc2)c1. The highest BCUT2D eigenvalue weighted by molar-refractivity contribution is 5.91. The predicted octanol–water partition coefficient (Wildman–Crippen LogP) is 4.19. The second-order valence-electron chi connectivity index (χ2n) is 6.34. The molecule has 134 valence electrons. The summed E-state index contributed by atoms with van der Waals surface area (Å²) in [5.41, 5.74) is 2.65. The zero-order chi connectivity index (χ0) is 18.5. The zero-order valence-corrected chi connectivity index (χ0v) is 15.0. The lowest BCUT2D eigenvalue weighted by Crippen LogP contribution is -2.20. The first-order valence-electron chi connectivity index (χ1n) is 8.44. The molecule has 3 aromatic rings. The molecular weight excluding hydrogens is 330 g/mol. The number of hydrogen-bond acceptors (Lipinski definition) is 5. The van der Waals surface area contributed by atoms with Crippen LogP contribution in [0.15, 0.2) is 53.1 Å². The number of aryl methyl sites for hydroxylation is 1. The number of rotatable bonds is 6. The van der Waals surface area contributed by atoms with E-state index in [1.807, 2.05) is 57.2 Å². The van der Waals surface area contributed by atoms with Crippen LogP contribution >= 0.6 is 0 Å². The lowest BCUT2D eigenvalue weighted by Gasteiger charge is -2.08. The maximum atomic E-state index is 12.0. The number of hydrogen-bond donors (Lipinski definition) is 1. The minimum absolute atomic E-state index is 0.0641. The minimum atomic E-state index is -0.210. The summed E-state index contributed by atoms with van der Waals surface area (Å²) in [5, 5.41) is 6.76. The van der Waals surface area contributed by atoms with Gasteiger partial charge in [-0.15, -0.1) is 0 Å². The molecule has 0 atom stereocenters. The molecule has 0 aliphatic carbocycles. The Morgan fingerprint density at radius 1 is 1.19 bits per heavy atom. The summed E-state index contributed by atoms with van der Waals surface area (Å²) in [6, 6.07) is 14.8. The lowest BCUT2D eigenvalue weighted by atomic mass is 10.2. The van der Waals surface area contributed by atoms with Gasteiger partial charge in [0.1, 0.15) is 5.75 Å². The molecule has 0 saturated heterocycles. The molecule has 0 fully saturated rings. The summed E-state index contributed by atoms with van der Waals surface area (Å²) in [4.78, 5) is 16.3. The Labute approximate surface area is 152 Å². The first-order valence-corrected chi connectivity index (χ1v) is 8.44. The fourth-order valence-corrected chi connectivity index (χ4v) is 2.35. The normalized spacial score (nSPS) is 10.8. The maximum Gasteiger partial charge on any atom is 0.262 e. The fourth-order valence-electron chi connectivity index (χ4n) is 2.35. The zero-order valence-electron chi connectivity index (χ0n) is 15.0. The van der Waals surface area contributed by atoms with Gasteiger partial charge in [-0.25, -0.2) is 0 Å². The highest BCUT2D eigenvalue weighted by Crippen LogP contribution is 2.22. The van der Waals surface area contributed by atoms with Gasteiger partial charge in [0.05, 0.1) is 0 Å². The molecule has 1 heterocycles. The first-order chi connectivity index (χ1) is 12.5. The maximum absolute atomic E-state index is 12.0. The molecule has 0 aliphatic rings. The Kier molecular flexibility index (Phi) is 5.31. The van der Waals surface area contributed by atoms with Crippen molar-refractivity contribution in [2.45, 2.75) is 26.7 Å². The van der Waals surface area contributed by atoms with Crippen LogP contribution in [0.3, 0.4) is 0 Å². The molecule has 2 aromatic carbocycles. The van der Waals surface area contributed by atoms with Crippen molar-refractivity contribution >= 4 is 11.6 Å². The first kappa shape index (κ1) is 17.7. The number of nitrogens with zero attached hydrogens (tertiary/aromatic N) is 2. The van der Waals surface area contributed by atoms with Crippen LogP contribution in [0, 0.1) is 6.92 Å². The van der Waals surface area contributed by atoms with Gasteiger partial charge < -0.3 is 14.6 Å². The summed E-state index contributed by atoms with van der Waals surface area (Å²) < 4.78 is 10.8. The van der Waals surface area contributed by atoms with Gasteiger partial charge in [0.25, 0.3) is 11.8 Å². The van der Waals surface area contributed by atoms with Gasteiger partial charge in [-0.05, 0) is 48.9 Å². The van der Waals surface area contributed by atoms with Crippen molar-refractivity contribution in [3.05, 3.63) is 59.9 Å². The van der Waals surface area contributed by atoms with Crippen LogP contribution in [0.1, 0.15) is 31.2 Å². The van der Waals surface area contributed by atoms with E-state index in [0.29, 0.717) is 17.5 Å². The number of aromatic nitrogens is 2. The molecule has 26 heavy (non-hydrogen) atoms. The summed E-state index contributed by atoms with van der Waals surface area (Å²) in [5.74, 6) is 1.74. The van der Waals surface area contributed by atoms with Crippen LogP contribution in [-0.4, -0.2) is 22.7 Å². The third-order valence-corrected chi connectivity index (χ3v) is 3.73. The second-order valence-corrected chi connectivity index (χ2v) is 6.34. The molecule has 0 bridgehead atoms. The van der Waals surface area contributed by atoms with Gasteiger partial charge in [0, 0.05) is 17.2 Å². The monoisotopic (exact) mass is 351 g/mol.